The van der Waals surface area contributed by atoms with Gasteiger partial charge in [0, 0.05) is 53.1 Å². The highest BCUT2D eigenvalue weighted by molar-refractivity contribution is 7.95. The Kier molecular flexibility index (Phi) is 22.7. The van der Waals surface area contributed by atoms with Gasteiger partial charge in [-0.05, 0) is 49.2 Å². The van der Waals surface area contributed by atoms with Crippen molar-refractivity contribution >= 4 is 58.9 Å². The van der Waals surface area contributed by atoms with Crippen molar-refractivity contribution in [2.45, 2.75) is 25.7 Å². The second-order valence-electron chi connectivity index (χ2n) is 12.3. The standard InChI is InChI=1S/C27H31N5P.C7H15N5.C7H13N5/c1-2-3-20-32(27(30)31-26(28)29)21-13-22-33(23-14-7-4-8-15-23,24-16-9-5-10-17-24)25-18-11-6-12-19-25;2*1-3-4-5-12(2)7(10)11-6(8)9/h1,4-12,14-19H,3,13,20-22H2,(H5,28,29,30,31);3H,1,4-5H2,2H3,(H5,8,9,10,11);1H,4-5H2,2H3,(H5,8,9,10,11)/q+1;;. The van der Waals surface area contributed by atoms with Crippen LogP contribution in [-0.4, -0.2) is 96.9 Å². The van der Waals surface area contributed by atoms with Gasteiger partial charge < -0.3 is 49.1 Å². The minimum atomic E-state index is -1.92. The molecule has 302 valence electrons. The summed E-state index contributed by atoms with van der Waals surface area (Å²) in [6, 6.07) is 32.3. The first-order valence-electron chi connectivity index (χ1n) is 18.0. The molecule has 3 aromatic carbocycles. The van der Waals surface area contributed by atoms with Crippen LogP contribution in [0.4, 0.5) is 0 Å². The minimum Gasteiger partial charge on any atom is -0.370 e. The smallest absolute Gasteiger partial charge is 0.221 e. The summed E-state index contributed by atoms with van der Waals surface area (Å²) in [5, 5.41) is 26.0. The fourth-order valence-corrected chi connectivity index (χ4v) is 9.59. The number of rotatable bonds is 14. The molecular formula is C41H59N15P+. The van der Waals surface area contributed by atoms with Crippen molar-refractivity contribution in [1.82, 2.24) is 14.7 Å². The van der Waals surface area contributed by atoms with Crippen molar-refractivity contribution in [1.29, 1.82) is 16.2 Å². The SMILES string of the molecule is C#CCCN(C)C(N)=NC(=N)N.C#CCCN(CCC[P+](c1ccccc1)(c1ccccc1)c1ccccc1)C(=N)N=C(N)N.C=CCCN(C)C(N)=NC(=N)N. The number of hydrogen-bond acceptors (Lipinski definition) is 3. The van der Waals surface area contributed by atoms with E-state index in [9.17, 15) is 0 Å². The topological polar surface area (TPSA) is 274 Å². The van der Waals surface area contributed by atoms with Gasteiger partial charge in [0.05, 0.1) is 6.16 Å². The largest absolute Gasteiger partial charge is 0.370 e. The van der Waals surface area contributed by atoms with Gasteiger partial charge in [-0.1, -0.05) is 60.7 Å². The number of nitrogens with two attached hydrogens (primary N) is 6. The molecule has 0 radical (unpaired) electrons. The second-order valence-corrected chi connectivity index (χ2v) is 15.9. The van der Waals surface area contributed by atoms with Crippen molar-refractivity contribution in [2.24, 2.45) is 49.4 Å². The predicted molar refractivity (Wildman–Crippen MR) is 244 cm³/mol. The molecule has 0 saturated carbocycles. The third kappa shape index (κ3) is 17.9. The highest BCUT2D eigenvalue weighted by Gasteiger charge is 2.44. The molecule has 0 saturated heterocycles. The summed E-state index contributed by atoms with van der Waals surface area (Å²) in [6.45, 7) is 6.10. The van der Waals surface area contributed by atoms with Crippen LogP contribution in [0.1, 0.15) is 25.7 Å². The molecule has 57 heavy (non-hydrogen) atoms. The zero-order valence-electron chi connectivity index (χ0n) is 33.1. The Bertz CT molecular complexity index is 1760. The van der Waals surface area contributed by atoms with Crippen molar-refractivity contribution in [2.75, 3.05) is 46.4 Å². The van der Waals surface area contributed by atoms with Crippen LogP contribution in [0.5, 0.6) is 0 Å². The van der Waals surface area contributed by atoms with Crippen LogP contribution in [0.15, 0.2) is 119 Å². The van der Waals surface area contributed by atoms with Gasteiger partial charge in [-0.2, -0.15) is 15.0 Å². The molecule has 0 aliphatic carbocycles. The van der Waals surface area contributed by atoms with E-state index in [0.717, 1.165) is 25.5 Å². The molecule has 3 aromatic rings. The Morgan fingerprint density at radius 2 is 1.05 bits per heavy atom. The second kappa shape index (κ2) is 26.9. The number of hydrogen-bond donors (Lipinski definition) is 9. The summed E-state index contributed by atoms with van der Waals surface area (Å²) >= 11 is 0. The molecule has 0 bridgehead atoms. The Balaban J connectivity index is 0.000000555. The molecule has 0 aliphatic rings. The average molecular weight is 793 g/mol. The molecule has 0 amide bonds. The van der Waals surface area contributed by atoms with Crippen LogP contribution < -0.4 is 50.3 Å². The number of aliphatic imine (C=N–C) groups is 3. The average Bonchev–Trinajstić information content (AvgIpc) is 3.19. The van der Waals surface area contributed by atoms with Gasteiger partial charge in [-0.15, -0.1) is 31.3 Å². The number of benzene rings is 3. The number of guanidine groups is 6. The Hall–Kier alpha value is -6.83. The Morgan fingerprint density at radius 3 is 1.42 bits per heavy atom. The van der Waals surface area contributed by atoms with E-state index in [-0.39, 0.29) is 35.8 Å². The number of terminal acetylenes is 2. The normalized spacial score (nSPS) is 10.7. The van der Waals surface area contributed by atoms with Gasteiger partial charge in [-0.3, -0.25) is 16.2 Å². The molecule has 0 spiro atoms. The predicted octanol–water partition coefficient (Wildman–Crippen LogP) is 1.76. The highest BCUT2D eigenvalue weighted by Crippen LogP contribution is 2.55. The molecule has 0 unspecified atom stereocenters. The van der Waals surface area contributed by atoms with Crippen molar-refractivity contribution < 1.29 is 0 Å². The monoisotopic (exact) mass is 792 g/mol. The van der Waals surface area contributed by atoms with E-state index >= 15 is 0 Å². The Morgan fingerprint density at radius 1 is 0.649 bits per heavy atom. The van der Waals surface area contributed by atoms with Gasteiger partial charge in [0.25, 0.3) is 0 Å². The lowest BCUT2D eigenvalue weighted by atomic mass is 10.3. The lowest BCUT2D eigenvalue weighted by molar-refractivity contribution is 0.421. The van der Waals surface area contributed by atoms with Crippen LogP contribution in [0, 0.1) is 40.9 Å². The van der Waals surface area contributed by atoms with Gasteiger partial charge in [-0.25, -0.2) is 0 Å². The molecular weight excluding hydrogens is 734 g/mol. The van der Waals surface area contributed by atoms with Crippen molar-refractivity contribution in [3.8, 4) is 24.7 Å². The summed E-state index contributed by atoms with van der Waals surface area (Å²) < 4.78 is 0. The first-order valence-corrected chi connectivity index (χ1v) is 19.9. The van der Waals surface area contributed by atoms with E-state index in [0.29, 0.717) is 32.5 Å². The summed E-state index contributed by atoms with van der Waals surface area (Å²) in [4.78, 5) is 16.3. The van der Waals surface area contributed by atoms with Crippen LogP contribution in [0.25, 0.3) is 0 Å². The van der Waals surface area contributed by atoms with E-state index in [4.69, 9.17) is 63.5 Å². The molecule has 15 N–H and O–H groups in total. The zero-order chi connectivity index (χ0) is 42.6. The van der Waals surface area contributed by atoms with E-state index in [1.54, 1.807) is 30.0 Å². The number of nitrogens with one attached hydrogen (secondary N) is 3. The summed E-state index contributed by atoms with van der Waals surface area (Å²) in [5.74, 6) is 4.92. The van der Waals surface area contributed by atoms with E-state index in [1.165, 1.54) is 15.9 Å². The minimum absolute atomic E-state index is 0.0494. The van der Waals surface area contributed by atoms with Crippen molar-refractivity contribution in [3.05, 3.63) is 104 Å². The van der Waals surface area contributed by atoms with Crippen LogP contribution >= 0.6 is 7.26 Å². The molecule has 0 fully saturated rings. The first kappa shape index (κ1) is 48.2. The first-order chi connectivity index (χ1) is 27.2. The van der Waals surface area contributed by atoms with Gasteiger partial charge in [0.2, 0.25) is 17.9 Å². The van der Waals surface area contributed by atoms with E-state index in [2.05, 4.69) is 124 Å². The van der Waals surface area contributed by atoms with Crippen LogP contribution in [0.2, 0.25) is 0 Å². The molecule has 15 nitrogen and oxygen atoms in total. The third-order valence-electron chi connectivity index (χ3n) is 8.09. The molecule has 16 heteroatoms. The molecule has 0 aliphatic heterocycles. The maximum absolute atomic E-state index is 8.30. The summed E-state index contributed by atoms with van der Waals surface area (Å²) in [7, 11) is 1.60. The lowest BCUT2D eigenvalue weighted by Crippen LogP contribution is -2.37. The summed E-state index contributed by atoms with van der Waals surface area (Å²) in [5.41, 5.74) is 32.0. The fourth-order valence-electron chi connectivity index (χ4n) is 5.26. The van der Waals surface area contributed by atoms with Crippen LogP contribution in [-0.2, 0) is 0 Å². The molecule has 0 aromatic heterocycles. The maximum atomic E-state index is 8.30. The maximum Gasteiger partial charge on any atom is 0.221 e. The third-order valence-corrected chi connectivity index (χ3v) is 12.6. The molecule has 0 heterocycles. The quantitative estimate of drug-likeness (QED) is 0.0378. The van der Waals surface area contributed by atoms with Gasteiger partial charge >= 0.3 is 0 Å². The van der Waals surface area contributed by atoms with Gasteiger partial charge in [0.15, 0.2) is 17.9 Å². The molecule has 0 atom stereocenters. The fraction of sp³-hybridized carbons (Fsp3) is 0.268. The summed E-state index contributed by atoms with van der Waals surface area (Å²) in [6.07, 6.45) is 16.1. The van der Waals surface area contributed by atoms with E-state index < -0.39 is 7.26 Å². The van der Waals surface area contributed by atoms with Crippen molar-refractivity contribution in [3.63, 3.8) is 0 Å². The number of nitrogens with zero attached hydrogens (tertiary/aromatic N) is 6. The van der Waals surface area contributed by atoms with Gasteiger partial charge in [0.1, 0.15) is 23.2 Å². The van der Waals surface area contributed by atoms with Crippen LogP contribution in [0.3, 0.4) is 0 Å². The van der Waals surface area contributed by atoms with E-state index in [1.807, 2.05) is 4.90 Å². The zero-order valence-corrected chi connectivity index (χ0v) is 34.0. The lowest BCUT2D eigenvalue weighted by Gasteiger charge is -2.29. The Labute approximate surface area is 338 Å². The molecule has 3 rings (SSSR count). The highest BCUT2D eigenvalue weighted by atomic mass is 31.2.